The first-order valence-electron chi connectivity index (χ1n) is 5.40. The molecule has 3 heteroatoms. The average molecular weight is 402 g/mol. The molecule has 0 aliphatic heterocycles. The van der Waals surface area contributed by atoms with E-state index >= 15 is 0 Å². The molecule has 2 unspecified atom stereocenters. The molecule has 1 aromatic heterocycles. The van der Waals surface area contributed by atoms with E-state index in [9.17, 15) is 0 Å². The van der Waals surface area contributed by atoms with E-state index in [0.717, 1.165) is 11.7 Å². The van der Waals surface area contributed by atoms with Crippen LogP contribution in [0.25, 0.3) is 0 Å². The van der Waals surface area contributed by atoms with E-state index in [-0.39, 0.29) is 0 Å². The topological polar surface area (TPSA) is 38.9 Å². The summed E-state index contributed by atoms with van der Waals surface area (Å²) in [6, 6.07) is 2.31. The summed E-state index contributed by atoms with van der Waals surface area (Å²) in [4.78, 5) is 4.29. The molecule has 2 nitrogen and oxygen atoms in total. The molecule has 0 radical (unpaired) electrons. The van der Waals surface area contributed by atoms with Crippen molar-refractivity contribution in [2.24, 2.45) is 5.92 Å². The van der Waals surface area contributed by atoms with Gasteiger partial charge in [0.2, 0.25) is 0 Å². The van der Waals surface area contributed by atoms with E-state index < -0.39 is 0 Å². The summed E-state index contributed by atoms with van der Waals surface area (Å²) >= 11 is 0.406. The number of nitrogens with two attached hydrogens (primary N) is 1. The zero-order valence-corrected chi connectivity index (χ0v) is 17.2. The summed E-state index contributed by atoms with van der Waals surface area (Å²) in [7, 11) is 0. The molecule has 1 saturated carbocycles. The summed E-state index contributed by atoms with van der Waals surface area (Å²) in [6.07, 6.45) is 5.95. The summed E-state index contributed by atoms with van der Waals surface area (Å²) in [5.41, 5.74) is 7.28. The molecule has 1 heterocycles. The number of hydrogen-bond acceptors (Lipinski definition) is 2. The summed E-state index contributed by atoms with van der Waals surface area (Å²) in [6.45, 7) is 2.34. The number of nitrogens with zero attached hydrogens (tertiary/aromatic N) is 1. The second-order valence-corrected chi connectivity index (χ2v) is 9.25. The Kier molecular flexibility index (Phi) is 3.52. The van der Waals surface area contributed by atoms with E-state index in [2.05, 4.69) is 18.0 Å². The van der Waals surface area contributed by atoms with Gasteiger partial charge in [-0.25, -0.2) is 0 Å². The standard InChI is InChI=1S/C11H15N2.Ra.H/c1-8-4-2-5-9(8)10-6-3-7-13-11(10)12;;/h6-9H,2,4-5H2,1H3,(H2,12,13);;. The Labute approximate surface area is 114 Å². The SMILES string of the molecule is CC1CCCC1c1c[c]([RaH])cnc1N. The van der Waals surface area contributed by atoms with Gasteiger partial charge in [0.15, 0.2) is 0 Å². The molecule has 72 valence electrons. The van der Waals surface area contributed by atoms with Gasteiger partial charge in [-0.05, 0) is 0 Å². The molecule has 0 bridgehead atoms. The molecule has 2 atom stereocenters. The Bertz CT molecular complexity index is 338. The van der Waals surface area contributed by atoms with Crippen LogP contribution >= 0.6 is 0 Å². The van der Waals surface area contributed by atoms with Gasteiger partial charge in [-0.3, -0.25) is 0 Å². The van der Waals surface area contributed by atoms with Crippen LogP contribution in [0.15, 0.2) is 12.3 Å². The van der Waals surface area contributed by atoms with Gasteiger partial charge in [0.05, 0.1) is 0 Å². The summed E-state index contributed by atoms with van der Waals surface area (Å²) in [5.74, 6) is 2.24. The van der Waals surface area contributed by atoms with E-state index in [0.29, 0.717) is 48.7 Å². The first kappa shape index (κ1) is 10.9. The van der Waals surface area contributed by atoms with Crippen molar-refractivity contribution in [1.29, 1.82) is 0 Å². The molecule has 0 saturated heterocycles. The van der Waals surface area contributed by atoms with Crippen molar-refractivity contribution in [3.8, 4) is 0 Å². The number of pyridine rings is 1. The van der Waals surface area contributed by atoms with Gasteiger partial charge in [0, 0.05) is 0 Å². The van der Waals surface area contributed by atoms with Crippen molar-refractivity contribution in [2.75, 3.05) is 5.73 Å². The molecule has 1 aromatic rings. The van der Waals surface area contributed by atoms with Crippen molar-refractivity contribution in [2.45, 2.75) is 32.1 Å². The third-order valence-electron chi connectivity index (χ3n) is 3.35. The third-order valence-corrected chi connectivity index (χ3v) is 5.59. The van der Waals surface area contributed by atoms with Crippen LogP contribution in [0.1, 0.15) is 37.7 Å². The molecule has 2 N–H and O–H groups in total. The summed E-state index contributed by atoms with van der Waals surface area (Å²) in [5, 5.41) is 0. The fourth-order valence-electron chi connectivity index (χ4n) is 2.51. The van der Waals surface area contributed by atoms with Crippen molar-refractivity contribution < 1.29 is 42.8 Å². The maximum atomic E-state index is 5.95. The van der Waals surface area contributed by atoms with E-state index in [1.54, 1.807) is 0 Å². The second-order valence-electron chi connectivity index (χ2n) is 4.50. The third kappa shape index (κ3) is 2.15. The van der Waals surface area contributed by atoms with E-state index in [1.165, 1.54) is 25.4 Å². The minimum absolute atomic E-state index is 0.406. The molecule has 14 heavy (non-hydrogen) atoms. The van der Waals surface area contributed by atoms with Crippen LogP contribution < -0.4 is 6.34 Å². The van der Waals surface area contributed by atoms with Gasteiger partial charge in [-0.1, -0.05) is 0 Å². The van der Waals surface area contributed by atoms with Crippen LogP contribution in [-0.2, 0) is 0 Å². The van der Waals surface area contributed by atoms with Gasteiger partial charge >= 0.3 is 116 Å². The van der Waals surface area contributed by atoms with Gasteiger partial charge in [-0.15, -0.1) is 0 Å². The summed E-state index contributed by atoms with van der Waals surface area (Å²) < 4.78 is 1.45. The molecular formula is C11H16N2Ra. The van der Waals surface area contributed by atoms with Crippen LogP contribution in [0.5, 0.6) is 0 Å². The molecule has 0 aromatic carbocycles. The quantitative estimate of drug-likeness (QED) is 0.773. The van der Waals surface area contributed by atoms with Gasteiger partial charge in [-0.2, -0.15) is 0 Å². The van der Waals surface area contributed by atoms with Crippen molar-refractivity contribution in [3.63, 3.8) is 0 Å². The van der Waals surface area contributed by atoms with E-state index in [4.69, 9.17) is 5.73 Å². The molecule has 1 aliphatic rings. The van der Waals surface area contributed by atoms with Crippen LogP contribution in [-0.4, -0.2) is 4.98 Å². The molecule has 1 aliphatic carbocycles. The average Bonchev–Trinajstić information content (AvgIpc) is 2.56. The molecule has 1 fully saturated rings. The number of aromatic nitrogens is 1. The Morgan fingerprint density at radius 3 is 2.93 bits per heavy atom. The normalized spacial score (nSPS) is 26.6. The zero-order chi connectivity index (χ0) is 10.1. The fourth-order valence-corrected chi connectivity index (χ4v) is 4.32. The predicted octanol–water partition coefficient (Wildman–Crippen LogP) is 1.47. The van der Waals surface area contributed by atoms with Gasteiger partial charge in [0.25, 0.3) is 0 Å². The zero-order valence-electron chi connectivity index (χ0n) is 8.96. The Morgan fingerprint density at radius 1 is 1.50 bits per heavy atom. The van der Waals surface area contributed by atoms with Crippen molar-refractivity contribution in [3.05, 3.63) is 17.8 Å². The van der Waals surface area contributed by atoms with Gasteiger partial charge < -0.3 is 0 Å². The maximum absolute atomic E-state index is 5.95. The fraction of sp³-hybridized carbons (Fsp3) is 0.545. The Balaban J connectivity index is 2.34. The number of nitrogen functional groups attached to an aromatic ring is 1. The van der Waals surface area contributed by atoms with Gasteiger partial charge in [0.1, 0.15) is 0 Å². The molecule has 0 amide bonds. The molecule has 2 rings (SSSR count). The van der Waals surface area contributed by atoms with Crippen LogP contribution in [0.4, 0.5) is 5.82 Å². The second kappa shape index (κ2) is 4.51. The number of hydrogen-bond donors (Lipinski definition) is 1. The molecular weight excluding hydrogens is 386 g/mol. The first-order chi connectivity index (χ1) is 6.68. The Morgan fingerprint density at radius 2 is 2.29 bits per heavy atom. The van der Waals surface area contributed by atoms with Crippen LogP contribution in [0.3, 0.4) is 0 Å². The number of rotatable bonds is 1. The minimum atomic E-state index is 0.406. The van der Waals surface area contributed by atoms with Crippen molar-refractivity contribution >= 4 is 6.42 Å². The van der Waals surface area contributed by atoms with Crippen LogP contribution in [0.2, 0.25) is 0 Å². The van der Waals surface area contributed by atoms with Crippen molar-refractivity contribution in [1.82, 2.24) is 4.98 Å². The van der Waals surface area contributed by atoms with E-state index in [1.807, 2.05) is 6.20 Å². The Hall–Kier alpha value is 0.418. The predicted molar refractivity (Wildman–Crippen MR) is 55.4 cm³/mol. The number of anilines is 1. The van der Waals surface area contributed by atoms with Crippen LogP contribution in [0, 0.1) is 48.7 Å². The monoisotopic (exact) mass is 402 g/mol. The molecule has 0 spiro atoms. The first-order valence-corrected chi connectivity index (χ1v) is 9.51.